The average Bonchev–Trinajstić information content (AvgIpc) is 2.95. The van der Waals surface area contributed by atoms with E-state index >= 15 is 0 Å². The molecule has 0 saturated carbocycles. The quantitative estimate of drug-likeness (QED) is 0.366. The predicted molar refractivity (Wildman–Crippen MR) is 142 cm³/mol. The van der Waals surface area contributed by atoms with Crippen molar-refractivity contribution in [2.24, 2.45) is 0 Å². The maximum Gasteiger partial charge on any atom is 0.337 e. The van der Waals surface area contributed by atoms with Gasteiger partial charge in [0.1, 0.15) is 5.75 Å². The molecule has 1 saturated heterocycles. The number of esters is 2. The summed E-state index contributed by atoms with van der Waals surface area (Å²) in [7, 11) is 3.00. The third-order valence-electron chi connectivity index (χ3n) is 6.52. The lowest BCUT2D eigenvalue weighted by atomic mass is 10.1. The van der Waals surface area contributed by atoms with E-state index in [-0.39, 0.29) is 30.4 Å². The Morgan fingerprint density at radius 1 is 0.947 bits per heavy atom. The van der Waals surface area contributed by atoms with Gasteiger partial charge >= 0.3 is 11.9 Å². The molecule has 0 aromatic heterocycles. The van der Waals surface area contributed by atoms with Crippen molar-refractivity contribution in [2.75, 3.05) is 53.6 Å². The molecule has 0 unspecified atom stereocenters. The van der Waals surface area contributed by atoms with Crippen molar-refractivity contribution in [2.45, 2.75) is 38.9 Å². The lowest BCUT2D eigenvalue weighted by molar-refractivity contribution is -0.143. The van der Waals surface area contributed by atoms with Crippen LogP contribution in [0.3, 0.4) is 0 Å². The first-order valence-corrected chi connectivity index (χ1v) is 13.0. The van der Waals surface area contributed by atoms with Gasteiger partial charge in [-0.2, -0.15) is 0 Å². The number of nitrogens with zero attached hydrogens (tertiary/aromatic N) is 2. The number of amides is 1. The van der Waals surface area contributed by atoms with Gasteiger partial charge in [0.15, 0.2) is 0 Å². The van der Waals surface area contributed by atoms with Crippen LogP contribution in [0.1, 0.15) is 53.8 Å². The summed E-state index contributed by atoms with van der Waals surface area (Å²) in [5, 5.41) is 0. The molecule has 0 N–H and O–H groups in total. The molecule has 0 aliphatic carbocycles. The molecule has 0 bridgehead atoms. The second kappa shape index (κ2) is 15.1. The molecule has 2 aromatic carbocycles. The van der Waals surface area contributed by atoms with E-state index in [9.17, 15) is 14.4 Å². The minimum atomic E-state index is -0.372. The molecule has 38 heavy (non-hydrogen) atoms. The molecule has 1 atom stereocenters. The van der Waals surface area contributed by atoms with Gasteiger partial charge in [0, 0.05) is 45.6 Å². The summed E-state index contributed by atoms with van der Waals surface area (Å²) >= 11 is 0. The third kappa shape index (κ3) is 8.85. The number of benzene rings is 2. The topological polar surface area (TPSA) is 94.6 Å². The predicted octanol–water partition coefficient (Wildman–Crippen LogP) is 3.62. The summed E-state index contributed by atoms with van der Waals surface area (Å²) in [4.78, 5) is 40.0. The zero-order valence-electron chi connectivity index (χ0n) is 22.5. The average molecular weight is 527 g/mol. The summed E-state index contributed by atoms with van der Waals surface area (Å²) in [6.07, 6.45) is 0.912. The highest BCUT2D eigenvalue weighted by Crippen LogP contribution is 2.25. The maximum atomic E-state index is 12.6. The van der Waals surface area contributed by atoms with E-state index in [1.54, 1.807) is 26.2 Å². The van der Waals surface area contributed by atoms with E-state index < -0.39 is 0 Å². The minimum Gasteiger partial charge on any atom is -0.497 e. The summed E-state index contributed by atoms with van der Waals surface area (Å²) in [5.74, 6) is 0.207. The molecule has 206 valence electrons. The third-order valence-corrected chi connectivity index (χ3v) is 6.52. The van der Waals surface area contributed by atoms with Crippen LogP contribution in [0.5, 0.6) is 5.75 Å². The number of carbonyl (C=O) groups is 3. The Kier molecular flexibility index (Phi) is 11.6. The van der Waals surface area contributed by atoms with Gasteiger partial charge < -0.3 is 23.8 Å². The molecule has 1 aliphatic rings. The van der Waals surface area contributed by atoms with Gasteiger partial charge in [-0.3, -0.25) is 14.5 Å². The standard InChI is InChI=1S/C29H38N2O7/c1-4-37-28(33)10-6-9-27(32)31-17-15-30(16-18-31)20-26(24-7-5-8-25(19-24)35-2)38-21-22-11-13-23(14-12-22)29(34)36-3/h5,7-8,11-14,19,26H,4,6,9-10,15-18,20-21H2,1-3H3/t26-/m1/s1. The number of piperazine rings is 1. The molecule has 0 radical (unpaired) electrons. The second-order valence-corrected chi connectivity index (χ2v) is 9.10. The second-order valence-electron chi connectivity index (χ2n) is 9.10. The molecule has 0 spiro atoms. The van der Waals surface area contributed by atoms with Crippen LogP contribution >= 0.6 is 0 Å². The fourth-order valence-corrected chi connectivity index (χ4v) is 4.34. The molecule has 1 amide bonds. The van der Waals surface area contributed by atoms with Crippen LogP contribution in [0.2, 0.25) is 0 Å². The van der Waals surface area contributed by atoms with Crippen LogP contribution in [0, 0.1) is 0 Å². The van der Waals surface area contributed by atoms with Gasteiger partial charge in [0.2, 0.25) is 5.91 Å². The summed E-state index contributed by atoms with van der Waals surface area (Å²) < 4.78 is 21.5. The Morgan fingerprint density at radius 2 is 1.68 bits per heavy atom. The summed E-state index contributed by atoms with van der Waals surface area (Å²) in [6.45, 7) is 5.92. The zero-order valence-corrected chi connectivity index (χ0v) is 22.5. The fraction of sp³-hybridized carbons (Fsp3) is 0.483. The first kappa shape index (κ1) is 29.1. The largest absolute Gasteiger partial charge is 0.497 e. The molecule has 1 fully saturated rings. The highest BCUT2D eigenvalue weighted by Gasteiger charge is 2.24. The van der Waals surface area contributed by atoms with Crippen molar-refractivity contribution in [3.63, 3.8) is 0 Å². The number of hydrogen-bond acceptors (Lipinski definition) is 8. The van der Waals surface area contributed by atoms with E-state index in [0.29, 0.717) is 51.3 Å². The lowest BCUT2D eigenvalue weighted by Gasteiger charge is -2.36. The lowest BCUT2D eigenvalue weighted by Crippen LogP contribution is -2.49. The molecule has 2 aromatic rings. The highest BCUT2D eigenvalue weighted by molar-refractivity contribution is 5.89. The van der Waals surface area contributed by atoms with Gasteiger partial charge in [-0.05, 0) is 48.7 Å². The molecule has 1 heterocycles. The van der Waals surface area contributed by atoms with Crippen molar-refractivity contribution < 1.29 is 33.3 Å². The summed E-state index contributed by atoms with van der Waals surface area (Å²) in [5.41, 5.74) is 2.45. The van der Waals surface area contributed by atoms with Crippen molar-refractivity contribution in [3.05, 3.63) is 65.2 Å². The number of ether oxygens (including phenoxy) is 4. The van der Waals surface area contributed by atoms with Crippen molar-refractivity contribution in [1.29, 1.82) is 0 Å². The SMILES string of the molecule is CCOC(=O)CCCC(=O)N1CCN(C[C@@H](OCc2ccc(C(=O)OC)cc2)c2cccc(OC)c2)CC1. The zero-order chi connectivity index (χ0) is 27.3. The van der Waals surface area contributed by atoms with Gasteiger partial charge in [0.05, 0.1) is 39.1 Å². The van der Waals surface area contributed by atoms with Gasteiger partial charge in [0.25, 0.3) is 0 Å². The van der Waals surface area contributed by atoms with Crippen molar-refractivity contribution >= 4 is 17.8 Å². The fourth-order valence-electron chi connectivity index (χ4n) is 4.34. The Labute approximate surface area is 224 Å². The maximum absolute atomic E-state index is 12.6. The smallest absolute Gasteiger partial charge is 0.337 e. The van der Waals surface area contributed by atoms with E-state index in [2.05, 4.69) is 4.90 Å². The molecule has 9 nitrogen and oxygen atoms in total. The van der Waals surface area contributed by atoms with Crippen LogP contribution in [-0.2, 0) is 30.4 Å². The van der Waals surface area contributed by atoms with Gasteiger partial charge in [-0.15, -0.1) is 0 Å². The number of carbonyl (C=O) groups excluding carboxylic acids is 3. The van der Waals surface area contributed by atoms with Gasteiger partial charge in [-0.25, -0.2) is 4.79 Å². The van der Waals surface area contributed by atoms with E-state index in [1.807, 2.05) is 41.3 Å². The molecular formula is C29H38N2O7. The Bertz CT molecular complexity index is 1050. The first-order valence-electron chi connectivity index (χ1n) is 13.0. The van der Waals surface area contributed by atoms with Crippen LogP contribution in [0.15, 0.2) is 48.5 Å². The Balaban J connectivity index is 1.56. The number of rotatable bonds is 13. The van der Waals surface area contributed by atoms with Crippen molar-refractivity contribution in [3.8, 4) is 5.75 Å². The van der Waals surface area contributed by atoms with Crippen LogP contribution < -0.4 is 4.74 Å². The molecular weight excluding hydrogens is 488 g/mol. The Hall–Kier alpha value is -3.43. The van der Waals surface area contributed by atoms with E-state index in [0.717, 1.165) is 30.0 Å². The minimum absolute atomic E-state index is 0.0740. The van der Waals surface area contributed by atoms with Crippen LogP contribution in [-0.4, -0.2) is 81.2 Å². The van der Waals surface area contributed by atoms with E-state index in [1.165, 1.54) is 7.11 Å². The van der Waals surface area contributed by atoms with E-state index in [4.69, 9.17) is 18.9 Å². The number of hydrogen-bond donors (Lipinski definition) is 0. The molecule has 9 heteroatoms. The van der Waals surface area contributed by atoms with Crippen molar-refractivity contribution in [1.82, 2.24) is 9.80 Å². The first-order chi connectivity index (χ1) is 18.4. The normalized spacial score (nSPS) is 14.6. The summed E-state index contributed by atoms with van der Waals surface area (Å²) in [6, 6.07) is 15.0. The molecule has 3 rings (SSSR count). The monoisotopic (exact) mass is 526 g/mol. The highest BCUT2D eigenvalue weighted by atomic mass is 16.5. The Morgan fingerprint density at radius 3 is 2.34 bits per heavy atom. The van der Waals surface area contributed by atoms with Gasteiger partial charge in [-0.1, -0.05) is 24.3 Å². The number of methoxy groups -OCH3 is 2. The molecule has 1 aliphatic heterocycles. The van der Waals surface area contributed by atoms with Crippen LogP contribution in [0.4, 0.5) is 0 Å². The van der Waals surface area contributed by atoms with Crippen LogP contribution in [0.25, 0.3) is 0 Å².